The number of anilines is 1. The number of aliphatic hydroxyl groups is 1. The van der Waals surface area contributed by atoms with Crippen molar-refractivity contribution >= 4 is 37.4 Å². The van der Waals surface area contributed by atoms with Gasteiger partial charge in [-0.15, -0.1) is 0 Å². The van der Waals surface area contributed by atoms with E-state index in [2.05, 4.69) is 5.32 Å². The molecule has 1 saturated heterocycles. The van der Waals surface area contributed by atoms with Gasteiger partial charge in [0.05, 0.1) is 30.3 Å². The van der Waals surface area contributed by atoms with Crippen molar-refractivity contribution in [3.63, 3.8) is 0 Å². The van der Waals surface area contributed by atoms with E-state index in [4.69, 9.17) is 4.74 Å². The first-order valence-electron chi connectivity index (χ1n) is 8.54. The predicted octanol–water partition coefficient (Wildman–Crippen LogP) is -0.723. The highest BCUT2D eigenvalue weighted by Gasteiger charge is 2.46. The van der Waals surface area contributed by atoms with Crippen molar-refractivity contribution in [3.8, 4) is 5.75 Å². The Morgan fingerprint density at radius 1 is 1.31 bits per heavy atom. The largest absolute Gasteiger partial charge is 0.492 e. The summed E-state index contributed by atoms with van der Waals surface area (Å²) in [5.74, 6) is -3.48. The molecule has 1 aliphatic rings. The van der Waals surface area contributed by atoms with Gasteiger partial charge in [-0.2, -0.15) is 4.31 Å². The number of carbonyl (C=O) groups is 2. The molecule has 0 spiro atoms. The first kappa shape index (κ1) is 23.1. The van der Waals surface area contributed by atoms with E-state index >= 15 is 0 Å². The lowest BCUT2D eigenvalue weighted by Crippen LogP contribution is -2.48. The summed E-state index contributed by atoms with van der Waals surface area (Å²) in [4.78, 5) is 22.2. The standard InChI is InChI=1S/C16H22N2O9S2/c1-3-27-14-5-4-11(17-10(2)19)6-15(14)29(25,26)18(7-16(21)22)12-8-28(23,24)9-13(12)20/h4-6,12-13,20H,3,7-9H2,1-2H3,(H,17,19)(H,21,22). The number of nitrogens with one attached hydrogen (secondary N) is 1. The van der Waals surface area contributed by atoms with Crippen molar-refractivity contribution in [3.05, 3.63) is 18.2 Å². The number of carboxylic acid groups (broad SMARTS) is 1. The van der Waals surface area contributed by atoms with Gasteiger partial charge in [0, 0.05) is 12.6 Å². The lowest BCUT2D eigenvalue weighted by Gasteiger charge is -2.28. The summed E-state index contributed by atoms with van der Waals surface area (Å²) >= 11 is 0. The Bertz CT molecular complexity index is 1010. The van der Waals surface area contributed by atoms with Crippen molar-refractivity contribution in [1.82, 2.24) is 4.31 Å². The number of rotatable bonds is 8. The average molecular weight is 450 g/mol. The fourth-order valence-electron chi connectivity index (χ4n) is 2.99. The minimum Gasteiger partial charge on any atom is -0.492 e. The molecule has 0 bridgehead atoms. The highest BCUT2D eigenvalue weighted by atomic mass is 32.2. The first-order chi connectivity index (χ1) is 13.4. The summed E-state index contributed by atoms with van der Waals surface area (Å²) in [5, 5.41) is 21.7. The van der Waals surface area contributed by atoms with E-state index in [0.29, 0.717) is 4.31 Å². The molecule has 2 atom stereocenters. The summed E-state index contributed by atoms with van der Waals surface area (Å²) in [6.45, 7) is 1.87. The van der Waals surface area contributed by atoms with Crippen LogP contribution in [0, 0.1) is 0 Å². The van der Waals surface area contributed by atoms with Gasteiger partial charge in [0.15, 0.2) is 9.84 Å². The van der Waals surface area contributed by atoms with Crippen LogP contribution in [-0.2, 0) is 29.4 Å². The number of nitrogens with zero attached hydrogens (tertiary/aromatic N) is 1. The third-order valence-corrected chi connectivity index (χ3v) is 7.70. The van der Waals surface area contributed by atoms with Gasteiger partial charge < -0.3 is 20.3 Å². The Kier molecular flexibility index (Phi) is 6.88. The van der Waals surface area contributed by atoms with Crippen LogP contribution in [0.25, 0.3) is 0 Å². The zero-order valence-electron chi connectivity index (χ0n) is 15.7. The summed E-state index contributed by atoms with van der Waals surface area (Å²) < 4.78 is 56.1. The minimum absolute atomic E-state index is 0.0986. The molecule has 1 aromatic rings. The van der Waals surface area contributed by atoms with Crippen LogP contribution in [0.4, 0.5) is 5.69 Å². The third kappa shape index (κ3) is 5.44. The fraction of sp³-hybridized carbons (Fsp3) is 0.500. The number of hydrogen-bond acceptors (Lipinski definition) is 8. The molecule has 0 radical (unpaired) electrons. The number of hydrogen-bond donors (Lipinski definition) is 3. The van der Waals surface area contributed by atoms with E-state index in [0.717, 1.165) is 6.07 Å². The molecule has 1 heterocycles. The number of carboxylic acids is 1. The average Bonchev–Trinajstić information content (AvgIpc) is 2.85. The molecule has 0 aromatic heterocycles. The number of sulfone groups is 1. The number of aliphatic carboxylic acids is 1. The maximum atomic E-state index is 13.3. The topological polar surface area (TPSA) is 167 Å². The van der Waals surface area contributed by atoms with Crippen LogP contribution in [-0.4, -0.2) is 80.0 Å². The second-order valence-electron chi connectivity index (χ2n) is 6.43. The van der Waals surface area contributed by atoms with Gasteiger partial charge in [-0.25, -0.2) is 16.8 Å². The molecule has 0 saturated carbocycles. The Morgan fingerprint density at radius 3 is 2.45 bits per heavy atom. The molecule has 1 amide bonds. The van der Waals surface area contributed by atoms with Crippen molar-refractivity contribution in [2.24, 2.45) is 0 Å². The van der Waals surface area contributed by atoms with Crippen LogP contribution >= 0.6 is 0 Å². The van der Waals surface area contributed by atoms with Crippen LogP contribution < -0.4 is 10.1 Å². The van der Waals surface area contributed by atoms with Crippen molar-refractivity contribution in [2.75, 3.05) is 30.0 Å². The van der Waals surface area contributed by atoms with Gasteiger partial charge in [-0.3, -0.25) is 9.59 Å². The molecular weight excluding hydrogens is 428 g/mol. The van der Waals surface area contributed by atoms with Crippen molar-refractivity contribution < 1.29 is 41.4 Å². The Balaban J connectivity index is 2.61. The molecule has 1 fully saturated rings. The van der Waals surface area contributed by atoms with Crippen LogP contribution in [0.2, 0.25) is 0 Å². The Labute approximate surface area is 168 Å². The first-order valence-corrected chi connectivity index (χ1v) is 11.8. The van der Waals surface area contributed by atoms with Gasteiger partial charge in [-0.05, 0) is 25.1 Å². The van der Waals surface area contributed by atoms with Crippen molar-refractivity contribution in [1.29, 1.82) is 0 Å². The van der Waals surface area contributed by atoms with Crippen molar-refractivity contribution in [2.45, 2.75) is 30.9 Å². The summed E-state index contributed by atoms with van der Waals surface area (Å²) in [7, 11) is -8.37. The molecule has 2 rings (SSSR count). The number of benzene rings is 1. The van der Waals surface area contributed by atoms with Crippen LogP contribution in [0.15, 0.2) is 23.1 Å². The highest BCUT2D eigenvalue weighted by molar-refractivity contribution is 7.92. The third-order valence-electron chi connectivity index (χ3n) is 4.11. The van der Waals surface area contributed by atoms with E-state index in [-0.39, 0.29) is 18.0 Å². The number of amides is 1. The van der Waals surface area contributed by atoms with E-state index < -0.39 is 66.8 Å². The molecule has 162 valence electrons. The number of sulfonamides is 1. The number of carbonyl (C=O) groups excluding carboxylic acids is 1. The number of ether oxygens (including phenoxy) is 1. The van der Waals surface area contributed by atoms with E-state index in [1.54, 1.807) is 6.92 Å². The zero-order valence-corrected chi connectivity index (χ0v) is 17.4. The highest BCUT2D eigenvalue weighted by Crippen LogP contribution is 2.33. The maximum Gasteiger partial charge on any atom is 0.318 e. The lowest BCUT2D eigenvalue weighted by molar-refractivity contribution is -0.137. The molecule has 1 aromatic carbocycles. The molecule has 2 unspecified atom stereocenters. The Hall–Kier alpha value is -2.22. The van der Waals surface area contributed by atoms with E-state index in [1.807, 2.05) is 0 Å². The lowest BCUT2D eigenvalue weighted by atomic mass is 10.2. The molecule has 11 nitrogen and oxygen atoms in total. The van der Waals surface area contributed by atoms with Gasteiger partial charge in [-0.1, -0.05) is 0 Å². The second kappa shape index (κ2) is 8.65. The summed E-state index contributed by atoms with van der Waals surface area (Å²) in [5.41, 5.74) is 0.120. The fourth-order valence-corrected chi connectivity index (χ4v) is 6.65. The predicted molar refractivity (Wildman–Crippen MR) is 102 cm³/mol. The monoisotopic (exact) mass is 450 g/mol. The Morgan fingerprint density at radius 2 is 1.97 bits per heavy atom. The second-order valence-corrected chi connectivity index (χ2v) is 10.4. The molecule has 0 aliphatic carbocycles. The normalized spacial score (nSPS) is 21.1. The van der Waals surface area contributed by atoms with Crippen LogP contribution in [0.1, 0.15) is 13.8 Å². The minimum atomic E-state index is -4.62. The summed E-state index contributed by atoms with van der Waals surface area (Å²) in [6, 6.07) is 2.32. The van der Waals surface area contributed by atoms with E-state index in [1.165, 1.54) is 19.1 Å². The van der Waals surface area contributed by atoms with Gasteiger partial charge in [0.1, 0.15) is 17.2 Å². The van der Waals surface area contributed by atoms with E-state index in [9.17, 15) is 36.6 Å². The SMILES string of the molecule is CCOc1ccc(NC(C)=O)cc1S(=O)(=O)N(CC(=O)O)C1CS(=O)(=O)CC1O. The summed E-state index contributed by atoms with van der Waals surface area (Å²) in [6.07, 6.45) is -1.58. The molecule has 1 aliphatic heterocycles. The van der Waals surface area contributed by atoms with Gasteiger partial charge in [0.2, 0.25) is 15.9 Å². The molecule has 3 N–H and O–H groups in total. The number of aliphatic hydroxyl groups excluding tert-OH is 1. The molecule has 13 heteroatoms. The van der Waals surface area contributed by atoms with Gasteiger partial charge >= 0.3 is 5.97 Å². The smallest absolute Gasteiger partial charge is 0.318 e. The van der Waals surface area contributed by atoms with Crippen LogP contribution in [0.5, 0.6) is 5.75 Å². The quantitative estimate of drug-likeness (QED) is 0.463. The molecular formula is C16H22N2O9S2. The maximum absolute atomic E-state index is 13.3. The van der Waals surface area contributed by atoms with Crippen LogP contribution in [0.3, 0.4) is 0 Å². The van der Waals surface area contributed by atoms with Gasteiger partial charge in [0.25, 0.3) is 0 Å². The molecule has 29 heavy (non-hydrogen) atoms. The zero-order chi connectivity index (χ0) is 22.0.